The SMILES string of the molecule is C[C@@H](CCI)O[Si](c1ccccc1)(c1ccccc1)C(C)(C)C. The van der Waals surface area contributed by atoms with Crippen molar-refractivity contribution in [2.24, 2.45) is 0 Å². The highest BCUT2D eigenvalue weighted by molar-refractivity contribution is 14.1. The summed E-state index contributed by atoms with van der Waals surface area (Å²) in [5, 5.41) is 2.79. The zero-order valence-electron chi connectivity index (χ0n) is 14.6. The van der Waals surface area contributed by atoms with Crippen LogP contribution >= 0.6 is 22.6 Å². The summed E-state index contributed by atoms with van der Waals surface area (Å²) in [7, 11) is -2.35. The highest BCUT2D eigenvalue weighted by atomic mass is 127. The monoisotopic (exact) mass is 438 g/mol. The average molecular weight is 438 g/mol. The second kappa shape index (κ2) is 7.95. The second-order valence-electron chi connectivity index (χ2n) is 7.07. The van der Waals surface area contributed by atoms with Crippen LogP contribution in [0.1, 0.15) is 34.1 Å². The quantitative estimate of drug-likeness (QED) is 0.359. The van der Waals surface area contributed by atoms with Gasteiger partial charge in [-0.1, -0.05) is 104 Å². The predicted molar refractivity (Wildman–Crippen MR) is 112 cm³/mol. The maximum atomic E-state index is 6.95. The van der Waals surface area contributed by atoms with Gasteiger partial charge in [-0.2, -0.15) is 0 Å². The van der Waals surface area contributed by atoms with Gasteiger partial charge in [-0.15, -0.1) is 0 Å². The molecule has 1 nitrogen and oxygen atoms in total. The van der Waals surface area contributed by atoms with Gasteiger partial charge in [0.15, 0.2) is 0 Å². The van der Waals surface area contributed by atoms with Crippen LogP contribution in [0.25, 0.3) is 0 Å². The van der Waals surface area contributed by atoms with Gasteiger partial charge in [0.05, 0.1) is 0 Å². The number of rotatable bonds is 6. The molecule has 0 N–H and O–H groups in total. The minimum absolute atomic E-state index is 0.0647. The first-order valence-corrected chi connectivity index (χ1v) is 11.7. The Bertz CT molecular complexity index is 553. The first-order valence-electron chi connectivity index (χ1n) is 8.26. The molecule has 0 saturated carbocycles. The van der Waals surface area contributed by atoms with Gasteiger partial charge in [0.1, 0.15) is 0 Å². The van der Waals surface area contributed by atoms with Crippen molar-refractivity contribution in [2.75, 3.05) is 4.43 Å². The summed E-state index contributed by atoms with van der Waals surface area (Å²) in [5.41, 5.74) is 0. The van der Waals surface area contributed by atoms with Crippen LogP contribution in [0.4, 0.5) is 0 Å². The molecule has 0 amide bonds. The summed E-state index contributed by atoms with van der Waals surface area (Å²) < 4.78 is 8.07. The molecule has 23 heavy (non-hydrogen) atoms. The maximum Gasteiger partial charge on any atom is 0.261 e. The third-order valence-electron chi connectivity index (χ3n) is 4.31. The molecule has 2 rings (SSSR count). The molecule has 2 aromatic rings. The van der Waals surface area contributed by atoms with Crippen LogP contribution in [0.2, 0.25) is 5.04 Å². The van der Waals surface area contributed by atoms with E-state index < -0.39 is 8.32 Å². The lowest BCUT2D eigenvalue weighted by molar-refractivity contribution is 0.204. The Hall–Kier alpha value is -0.653. The minimum Gasteiger partial charge on any atom is -0.405 e. The Morgan fingerprint density at radius 2 is 1.35 bits per heavy atom. The lowest BCUT2D eigenvalue weighted by Gasteiger charge is -2.44. The van der Waals surface area contributed by atoms with Crippen molar-refractivity contribution in [3.8, 4) is 0 Å². The smallest absolute Gasteiger partial charge is 0.261 e. The summed E-state index contributed by atoms with van der Waals surface area (Å²) in [4.78, 5) is 0. The molecule has 2 aromatic carbocycles. The largest absolute Gasteiger partial charge is 0.405 e. The standard InChI is InChI=1S/C20H27IOSi/c1-17(15-16-21)22-23(20(2,3)4,18-11-7-5-8-12-18)19-13-9-6-10-14-19/h5-14,17H,15-16H2,1-4H3/t17-/m0/s1. The minimum atomic E-state index is -2.35. The van der Waals surface area contributed by atoms with Gasteiger partial charge in [0.2, 0.25) is 0 Å². The number of benzene rings is 2. The normalized spacial score (nSPS) is 13.8. The van der Waals surface area contributed by atoms with Crippen molar-refractivity contribution < 1.29 is 4.43 Å². The van der Waals surface area contributed by atoms with Gasteiger partial charge in [0.25, 0.3) is 8.32 Å². The Labute approximate surface area is 155 Å². The molecule has 124 valence electrons. The van der Waals surface area contributed by atoms with E-state index in [0.29, 0.717) is 0 Å². The van der Waals surface area contributed by atoms with Crippen LogP contribution in [-0.4, -0.2) is 18.8 Å². The van der Waals surface area contributed by atoms with E-state index in [1.165, 1.54) is 10.4 Å². The summed E-state index contributed by atoms with van der Waals surface area (Å²) in [5.74, 6) is 0. The Morgan fingerprint density at radius 1 is 0.913 bits per heavy atom. The number of alkyl halides is 1. The fraction of sp³-hybridized carbons (Fsp3) is 0.400. The molecule has 0 aliphatic carbocycles. The third kappa shape index (κ3) is 4.06. The van der Waals surface area contributed by atoms with Gasteiger partial charge >= 0.3 is 0 Å². The van der Waals surface area contributed by atoms with E-state index >= 15 is 0 Å². The Kier molecular flexibility index (Phi) is 6.46. The van der Waals surface area contributed by atoms with Gasteiger partial charge in [-0.3, -0.25) is 0 Å². The second-order valence-corrected chi connectivity index (χ2v) is 12.4. The van der Waals surface area contributed by atoms with Crippen molar-refractivity contribution in [3.63, 3.8) is 0 Å². The van der Waals surface area contributed by atoms with Gasteiger partial charge in [-0.05, 0) is 28.8 Å². The van der Waals surface area contributed by atoms with Crippen molar-refractivity contribution in [1.82, 2.24) is 0 Å². The number of hydrogen-bond donors (Lipinski definition) is 0. The average Bonchev–Trinajstić information content (AvgIpc) is 2.53. The Morgan fingerprint density at radius 3 is 1.70 bits per heavy atom. The molecule has 0 aromatic heterocycles. The molecular weight excluding hydrogens is 411 g/mol. The lowest BCUT2D eigenvalue weighted by Crippen LogP contribution is -2.67. The molecule has 0 aliphatic heterocycles. The first kappa shape index (κ1) is 18.7. The van der Waals surface area contributed by atoms with E-state index in [1.807, 2.05) is 0 Å². The predicted octanol–water partition coefficient (Wildman–Crippen LogP) is 4.78. The van der Waals surface area contributed by atoms with E-state index in [-0.39, 0.29) is 11.1 Å². The highest BCUT2D eigenvalue weighted by Gasteiger charge is 2.50. The summed E-state index contributed by atoms with van der Waals surface area (Å²) in [6, 6.07) is 21.7. The van der Waals surface area contributed by atoms with Crippen LogP contribution in [0.15, 0.2) is 60.7 Å². The van der Waals surface area contributed by atoms with E-state index in [4.69, 9.17) is 4.43 Å². The molecule has 0 fully saturated rings. The molecule has 0 heterocycles. The molecule has 0 spiro atoms. The zero-order valence-corrected chi connectivity index (χ0v) is 17.7. The summed E-state index contributed by atoms with van der Waals surface area (Å²) in [6.07, 6.45) is 1.35. The summed E-state index contributed by atoms with van der Waals surface area (Å²) in [6.45, 7) is 9.21. The lowest BCUT2D eigenvalue weighted by atomic mass is 10.2. The van der Waals surface area contributed by atoms with E-state index in [9.17, 15) is 0 Å². The van der Waals surface area contributed by atoms with Gasteiger partial charge in [0, 0.05) is 10.5 Å². The van der Waals surface area contributed by atoms with Crippen LogP contribution in [0, 0.1) is 0 Å². The number of hydrogen-bond acceptors (Lipinski definition) is 1. The topological polar surface area (TPSA) is 9.23 Å². The van der Waals surface area contributed by atoms with Gasteiger partial charge < -0.3 is 4.43 Å². The van der Waals surface area contributed by atoms with E-state index in [1.54, 1.807) is 0 Å². The highest BCUT2D eigenvalue weighted by Crippen LogP contribution is 2.37. The molecule has 0 saturated heterocycles. The maximum absolute atomic E-state index is 6.95. The van der Waals surface area contributed by atoms with Crippen molar-refractivity contribution in [2.45, 2.75) is 45.3 Å². The zero-order chi connectivity index (χ0) is 16.9. The molecular formula is C20H27IOSi. The molecule has 0 bridgehead atoms. The van der Waals surface area contributed by atoms with Crippen LogP contribution in [-0.2, 0) is 4.43 Å². The fourth-order valence-corrected chi connectivity index (χ4v) is 8.82. The number of halogens is 1. The van der Waals surface area contributed by atoms with Crippen LogP contribution in [0.3, 0.4) is 0 Å². The third-order valence-corrected chi connectivity index (χ3v) is 10.1. The van der Waals surface area contributed by atoms with Crippen LogP contribution in [0.5, 0.6) is 0 Å². The van der Waals surface area contributed by atoms with E-state index in [2.05, 4.69) is 111 Å². The fourth-order valence-electron chi connectivity index (χ4n) is 3.21. The van der Waals surface area contributed by atoms with Crippen molar-refractivity contribution in [3.05, 3.63) is 60.7 Å². The van der Waals surface area contributed by atoms with Crippen LogP contribution < -0.4 is 10.4 Å². The summed E-state index contributed by atoms with van der Waals surface area (Å²) >= 11 is 2.44. The first-order chi connectivity index (χ1) is 10.9. The molecule has 0 radical (unpaired) electrons. The van der Waals surface area contributed by atoms with Gasteiger partial charge in [-0.25, -0.2) is 0 Å². The molecule has 3 heteroatoms. The van der Waals surface area contributed by atoms with Crippen molar-refractivity contribution >= 4 is 41.3 Å². The molecule has 0 aliphatic rings. The molecule has 1 atom stereocenters. The van der Waals surface area contributed by atoms with E-state index in [0.717, 1.165) is 10.8 Å². The van der Waals surface area contributed by atoms with Crippen molar-refractivity contribution in [1.29, 1.82) is 0 Å². The Balaban J connectivity index is 2.64. The molecule has 0 unspecified atom stereocenters.